The van der Waals surface area contributed by atoms with Crippen LogP contribution in [0.15, 0.2) is 12.1 Å². The Morgan fingerprint density at radius 1 is 1.26 bits per heavy atom. The third kappa shape index (κ3) is 3.91. The molecule has 1 aromatic rings. The monoisotopic (exact) mass is 301 g/mol. The van der Waals surface area contributed by atoms with Gasteiger partial charge in [0.25, 0.3) is 0 Å². The predicted octanol–water partition coefficient (Wildman–Crippen LogP) is 3.86. The summed E-state index contributed by atoms with van der Waals surface area (Å²) < 4.78 is 0. The molecule has 0 aliphatic carbocycles. The minimum absolute atomic E-state index is 0.465. The van der Waals surface area contributed by atoms with Crippen LogP contribution in [-0.2, 0) is 0 Å². The number of hydrogen-bond acceptors (Lipinski definition) is 3. The molecule has 0 aromatic heterocycles. The first-order chi connectivity index (χ1) is 9.10. The second-order valence-corrected chi connectivity index (χ2v) is 5.93. The van der Waals surface area contributed by atoms with Gasteiger partial charge in [-0.05, 0) is 37.9 Å². The van der Waals surface area contributed by atoms with E-state index in [1.54, 1.807) is 6.07 Å². The van der Waals surface area contributed by atoms with E-state index in [2.05, 4.69) is 17.1 Å². The van der Waals surface area contributed by atoms with Gasteiger partial charge in [-0.15, -0.1) is 0 Å². The highest BCUT2D eigenvalue weighted by Crippen LogP contribution is 2.31. The number of halogens is 2. The lowest BCUT2D eigenvalue weighted by atomic mass is 10.0. The summed E-state index contributed by atoms with van der Waals surface area (Å²) in [4.78, 5) is 2.51. The van der Waals surface area contributed by atoms with Crippen molar-refractivity contribution in [3.63, 3.8) is 0 Å². The smallest absolute Gasteiger partial charge is 0.0614 e. The maximum absolute atomic E-state index is 6.03. The average molecular weight is 302 g/mol. The van der Waals surface area contributed by atoms with Crippen LogP contribution in [0.3, 0.4) is 0 Å². The van der Waals surface area contributed by atoms with E-state index in [0.717, 1.165) is 31.6 Å². The van der Waals surface area contributed by atoms with E-state index in [4.69, 9.17) is 28.9 Å². The molecule has 1 heterocycles. The van der Waals surface area contributed by atoms with E-state index in [1.165, 1.54) is 13.0 Å². The van der Waals surface area contributed by atoms with Gasteiger partial charge in [0.2, 0.25) is 0 Å². The second kappa shape index (κ2) is 6.69. The van der Waals surface area contributed by atoms with Crippen molar-refractivity contribution in [1.82, 2.24) is 4.90 Å². The number of nitrogens with two attached hydrogens (primary N) is 1. The molecule has 0 radical (unpaired) electrons. The molecule has 1 aliphatic rings. The highest BCUT2D eigenvalue weighted by atomic mass is 35.5. The number of nitrogen functional groups attached to an aromatic ring is 1. The van der Waals surface area contributed by atoms with Crippen LogP contribution in [0.25, 0.3) is 0 Å². The Hall–Kier alpha value is -0.640. The number of rotatable bonds is 4. The van der Waals surface area contributed by atoms with Crippen LogP contribution in [0.4, 0.5) is 11.4 Å². The summed E-state index contributed by atoms with van der Waals surface area (Å²) in [6, 6.07) is 3.99. The molecular weight excluding hydrogens is 281 g/mol. The van der Waals surface area contributed by atoms with E-state index < -0.39 is 0 Å². The van der Waals surface area contributed by atoms with Crippen molar-refractivity contribution in [3.05, 3.63) is 22.2 Å². The zero-order valence-electron chi connectivity index (χ0n) is 11.3. The van der Waals surface area contributed by atoms with Gasteiger partial charge in [0.15, 0.2) is 0 Å². The van der Waals surface area contributed by atoms with Crippen LogP contribution in [0, 0.1) is 0 Å². The summed E-state index contributed by atoms with van der Waals surface area (Å²) in [7, 11) is 0. The molecule has 3 nitrogen and oxygen atoms in total. The Morgan fingerprint density at radius 3 is 2.53 bits per heavy atom. The fourth-order valence-corrected chi connectivity index (χ4v) is 2.86. The normalized spacial score (nSPS) is 17.6. The maximum Gasteiger partial charge on any atom is 0.0614 e. The van der Waals surface area contributed by atoms with Crippen molar-refractivity contribution in [2.45, 2.75) is 32.2 Å². The zero-order valence-corrected chi connectivity index (χ0v) is 12.8. The van der Waals surface area contributed by atoms with Crippen molar-refractivity contribution in [1.29, 1.82) is 0 Å². The van der Waals surface area contributed by atoms with Crippen molar-refractivity contribution >= 4 is 34.6 Å². The SMILES string of the molecule is CCCN1CCC(Nc2cc(Cl)c(Cl)cc2N)CC1. The highest BCUT2D eigenvalue weighted by molar-refractivity contribution is 6.42. The van der Waals surface area contributed by atoms with Crippen molar-refractivity contribution in [2.24, 2.45) is 0 Å². The molecule has 1 aromatic carbocycles. The van der Waals surface area contributed by atoms with Gasteiger partial charge in [-0.2, -0.15) is 0 Å². The van der Waals surface area contributed by atoms with E-state index in [-0.39, 0.29) is 0 Å². The van der Waals surface area contributed by atoms with Crippen LogP contribution in [0.1, 0.15) is 26.2 Å². The quantitative estimate of drug-likeness (QED) is 0.830. The van der Waals surface area contributed by atoms with E-state index in [0.29, 0.717) is 21.8 Å². The van der Waals surface area contributed by atoms with Gasteiger partial charge in [0, 0.05) is 19.1 Å². The number of piperidine rings is 1. The maximum atomic E-state index is 6.03. The summed E-state index contributed by atoms with van der Waals surface area (Å²) in [6.07, 6.45) is 3.50. The Bertz CT molecular complexity index is 429. The summed E-state index contributed by atoms with van der Waals surface area (Å²) >= 11 is 12.0. The van der Waals surface area contributed by atoms with Crippen LogP contribution in [0.5, 0.6) is 0 Å². The topological polar surface area (TPSA) is 41.3 Å². The molecule has 1 fully saturated rings. The Kier molecular flexibility index (Phi) is 5.20. The molecule has 0 spiro atoms. The molecule has 0 amide bonds. The molecule has 3 N–H and O–H groups in total. The fraction of sp³-hybridized carbons (Fsp3) is 0.571. The van der Waals surface area contributed by atoms with Crippen molar-refractivity contribution in [3.8, 4) is 0 Å². The molecule has 2 rings (SSSR count). The van der Waals surface area contributed by atoms with Crippen LogP contribution < -0.4 is 11.1 Å². The minimum atomic E-state index is 0.465. The predicted molar refractivity (Wildman–Crippen MR) is 84.3 cm³/mol. The number of nitrogens with one attached hydrogen (secondary N) is 1. The second-order valence-electron chi connectivity index (χ2n) is 5.11. The summed E-state index contributed by atoms with van der Waals surface area (Å²) in [5.41, 5.74) is 7.52. The number of anilines is 2. The molecule has 0 atom stereocenters. The lowest BCUT2D eigenvalue weighted by Gasteiger charge is -2.32. The lowest BCUT2D eigenvalue weighted by molar-refractivity contribution is 0.219. The van der Waals surface area contributed by atoms with Crippen LogP contribution >= 0.6 is 23.2 Å². The van der Waals surface area contributed by atoms with E-state index >= 15 is 0 Å². The van der Waals surface area contributed by atoms with E-state index in [9.17, 15) is 0 Å². The van der Waals surface area contributed by atoms with E-state index in [1.807, 2.05) is 6.07 Å². The molecule has 1 aliphatic heterocycles. The van der Waals surface area contributed by atoms with Gasteiger partial charge in [-0.25, -0.2) is 0 Å². The molecule has 19 heavy (non-hydrogen) atoms. The summed E-state index contributed by atoms with van der Waals surface area (Å²) in [5, 5.41) is 4.53. The molecule has 0 bridgehead atoms. The number of likely N-dealkylation sites (tertiary alicyclic amines) is 1. The third-order valence-corrected chi connectivity index (χ3v) is 4.30. The first kappa shape index (κ1) is 14.8. The van der Waals surface area contributed by atoms with Gasteiger partial charge in [-0.3, -0.25) is 0 Å². The minimum Gasteiger partial charge on any atom is -0.397 e. The first-order valence-electron chi connectivity index (χ1n) is 6.83. The first-order valence-corrected chi connectivity index (χ1v) is 7.59. The Morgan fingerprint density at radius 2 is 1.89 bits per heavy atom. The van der Waals surface area contributed by atoms with Gasteiger partial charge in [0.1, 0.15) is 0 Å². The summed E-state index contributed by atoms with van der Waals surface area (Å²) in [5.74, 6) is 0. The van der Waals surface area contributed by atoms with Gasteiger partial charge in [-0.1, -0.05) is 30.1 Å². The Labute approximate surface area is 125 Å². The van der Waals surface area contributed by atoms with Crippen molar-refractivity contribution in [2.75, 3.05) is 30.7 Å². The number of hydrogen-bond donors (Lipinski definition) is 2. The fourth-order valence-electron chi connectivity index (χ4n) is 2.52. The molecular formula is C14H21Cl2N3. The van der Waals surface area contributed by atoms with Gasteiger partial charge in [0.05, 0.1) is 21.4 Å². The molecule has 106 valence electrons. The molecule has 1 saturated heterocycles. The molecule has 5 heteroatoms. The summed E-state index contributed by atoms with van der Waals surface area (Å²) in [6.45, 7) is 5.71. The highest BCUT2D eigenvalue weighted by Gasteiger charge is 2.19. The molecule has 0 unspecified atom stereocenters. The lowest BCUT2D eigenvalue weighted by Crippen LogP contribution is -2.39. The Balaban J connectivity index is 1.94. The standard InChI is InChI=1S/C14H21Cl2N3/c1-2-5-19-6-3-10(4-7-19)18-14-9-12(16)11(15)8-13(14)17/h8-10,18H,2-7,17H2,1H3. The molecule has 0 saturated carbocycles. The van der Waals surface area contributed by atoms with Crippen LogP contribution in [-0.4, -0.2) is 30.6 Å². The third-order valence-electron chi connectivity index (χ3n) is 3.58. The largest absolute Gasteiger partial charge is 0.397 e. The number of nitrogens with zero attached hydrogens (tertiary/aromatic N) is 1. The van der Waals surface area contributed by atoms with Gasteiger partial charge >= 0.3 is 0 Å². The van der Waals surface area contributed by atoms with Crippen LogP contribution in [0.2, 0.25) is 10.0 Å². The van der Waals surface area contributed by atoms with Crippen molar-refractivity contribution < 1.29 is 0 Å². The van der Waals surface area contributed by atoms with Gasteiger partial charge < -0.3 is 16.0 Å². The average Bonchev–Trinajstić information content (AvgIpc) is 2.38. The zero-order chi connectivity index (χ0) is 13.8. The number of benzene rings is 1.